The summed E-state index contributed by atoms with van der Waals surface area (Å²) in [5.41, 5.74) is 0.480. The Balaban J connectivity index is 1.91. The Hall–Kier alpha value is -3.76. The molecule has 1 aliphatic rings. The molecule has 31 heavy (non-hydrogen) atoms. The monoisotopic (exact) mass is 441 g/mol. The zero-order valence-electron chi connectivity index (χ0n) is 16.1. The molecule has 0 saturated carbocycles. The minimum Gasteiger partial charge on any atom is -0.493 e. The molecule has 0 spiro atoms. The fourth-order valence-corrected chi connectivity index (χ4v) is 2.66. The van der Waals surface area contributed by atoms with E-state index in [9.17, 15) is 22.4 Å². The molecule has 0 bridgehead atoms. The highest BCUT2D eigenvalue weighted by Crippen LogP contribution is 2.32. The maximum atomic E-state index is 12.6. The van der Waals surface area contributed by atoms with E-state index in [2.05, 4.69) is 14.5 Å². The van der Waals surface area contributed by atoms with Gasteiger partial charge in [-0.1, -0.05) is 6.07 Å². The van der Waals surface area contributed by atoms with Gasteiger partial charge < -0.3 is 23.7 Å². The molecule has 1 aliphatic heterocycles. The van der Waals surface area contributed by atoms with E-state index in [-0.39, 0.29) is 40.2 Å². The van der Waals surface area contributed by atoms with Crippen LogP contribution in [0.1, 0.15) is 11.1 Å². The van der Waals surface area contributed by atoms with Crippen molar-refractivity contribution in [3.05, 3.63) is 53.2 Å². The van der Waals surface area contributed by atoms with Crippen molar-refractivity contribution in [3.8, 4) is 23.0 Å². The first-order chi connectivity index (χ1) is 14.8. The summed E-state index contributed by atoms with van der Waals surface area (Å²) in [5, 5.41) is 0. The van der Waals surface area contributed by atoms with Crippen LogP contribution in [-0.4, -0.2) is 39.3 Å². The highest BCUT2D eigenvalue weighted by atomic mass is 19.3. The number of halogens is 4. The first-order valence-electron chi connectivity index (χ1n) is 8.59. The van der Waals surface area contributed by atoms with Crippen molar-refractivity contribution in [1.82, 2.24) is 0 Å². The molecule has 164 valence electrons. The van der Waals surface area contributed by atoms with Crippen molar-refractivity contribution >= 4 is 17.9 Å². The van der Waals surface area contributed by atoms with Gasteiger partial charge in [0.15, 0.2) is 28.7 Å². The van der Waals surface area contributed by atoms with Gasteiger partial charge in [0.1, 0.15) is 0 Å². The van der Waals surface area contributed by atoms with E-state index in [1.54, 1.807) is 0 Å². The quantitative estimate of drug-likeness (QED) is 0.346. The number of benzene rings is 2. The summed E-state index contributed by atoms with van der Waals surface area (Å²) in [6.45, 7) is -6.11. The molecule has 0 saturated heterocycles. The molecule has 0 unspecified atom stereocenters. The van der Waals surface area contributed by atoms with Crippen molar-refractivity contribution < 1.29 is 46.0 Å². The van der Waals surface area contributed by atoms with Gasteiger partial charge in [-0.15, -0.1) is 0 Å². The van der Waals surface area contributed by atoms with Crippen molar-refractivity contribution in [2.24, 2.45) is 4.99 Å². The number of carbonyl (C=O) groups is 1. The number of aliphatic imine (C=N–C) groups is 1. The van der Waals surface area contributed by atoms with E-state index in [0.29, 0.717) is 5.56 Å². The summed E-state index contributed by atoms with van der Waals surface area (Å²) in [7, 11) is 2.55. The third-order valence-corrected chi connectivity index (χ3v) is 3.95. The van der Waals surface area contributed by atoms with Crippen molar-refractivity contribution in [2.75, 3.05) is 14.2 Å². The SMILES string of the molecule is COc1cc(C2=N/C(=C\c3ccc(OC)c(OC(F)F)c3)C(=O)O2)ccc1OC(F)F. The molecule has 0 radical (unpaired) electrons. The van der Waals surface area contributed by atoms with Crippen LogP contribution in [0.2, 0.25) is 0 Å². The number of hydrogen-bond donors (Lipinski definition) is 0. The number of carbonyl (C=O) groups excluding carboxylic acids is 1. The Bertz CT molecular complexity index is 1040. The summed E-state index contributed by atoms with van der Waals surface area (Å²) in [5.74, 6) is -1.25. The van der Waals surface area contributed by atoms with E-state index in [0.717, 1.165) is 0 Å². The standard InChI is InChI=1S/C20H15F4NO6/c1-27-13-5-3-10(8-16(13)30-20(23)24)7-12-18(26)31-17(25-12)11-4-6-14(29-19(21)22)15(9-11)28-2/h3-9,19-20H,1-2H3/b12-7-. The van der Waals surface area contributed by atoms with Crippen LogP contribution in [0, 0.1) is 0 Å². The van der Waals surface area contributed by atoms with Crippen LogP contribution in [0.25, 0.3) is 6.08 Å². The topological polar surface area (TPSA) is 75.6 Å². The molecule has 3 rings (SSSR count). The molecule has 0 amide bonds. The van der Waals surface area contributed by atoms with Crippen LogP contribution >= 0.6 is 0 Å². The van der Waals surface area contributed by atoms with E-state index >= 15 is 0 Å². The van der Waals surface area contributed by atoms with Gasteiger partial charge in [0.05, 0.1) is 14.2 Å². The molecule has 11 heteroatoms. The van der Waals surface area contributed by atoms with Crippen molar-refractivity contribution in [3.63, 3.8) is 0 Å². The molecule has 7 nitrogen and oxygen atoms in total. The molecule has 1 heterocycles. The Morgan fingerprint density at radius 1 is 0.871 bits per heavy atom. The van der Waals surface area contributed by atoms with Gasteiger partial charge in [-0.2, -0.15) is 17.6 Å². The van der Waals surface area contributed by atoms with Crippen LogP contribution in [0.15, 0.2) is 47.1 Å². The van der Waals surface area contributed by atoms with Gasteiger partial charge in [0.2, 0.25) is 5.90 Å². The maximum Gasteiger partial charge on any atom is 0.387 e. The summed E-state index contributed by atoms with van der Waals surface area (Å²) in [4.78, 5) is 16.3. The second kappa shape index (κ2) is 9.37. The van der Waals surface area contributed by atoms with Gasteiger partial charge in [-0.3, -0.25) is 0 Å². The highest BCUT2D eigenvalue weighted by Gasteiger charge is 2.25. The molecular formula is C20H15F4NO6. The van der Waals surface area contributed by atoms with E-state index in [4.69, 9.17) is 14.2 Å². The number of nitrogens with zero attached hydrogens (tertiary/aromatic N) is 1. The van der Waals surface area contributed by atoms with Gasteiger partial charge in [-0.25, -0.2) is 9.79 Å². The van der Waals surface area contributed by atoms with Crippen LogP contribution in [0.3, 0.4) is 0 Å². The fraction of sp³-hybridized carbons (Fsp3) is 0.200. The second-order valence-corrected chi connectivity index (χ2v) is 5.87. The number of esters is 1. The van der Waals surface area contributed by atoms with Crippen LogP contribution in [0.5, 0.6) is 23.0 Å². The maximum absolute atomic E-state index is 12.6. The van der Waals surface area contributed by atoms with E-state index < -0.39 is 19.2 Å². The summed E-state index contributed by atoms with van der Waals surface area (Å²) >= 11 is 0. The Labute approximate surface area is 173 Å². The van der Waals surface area contributed by atoms with Gasteiger partial charge >= 0.3 is 19.2 Å². The third kappa shape index (κ3) is 5.24. The third-order valence-electron chi connectivity index (χ3n) is 3.95. The molecule has 0 aliphatic carbocycles. The van der Waals surface area contributed by atoms with E-state index in [1.807, 2.05) is 0 Å². The lowest BCUT2D eigenvalue weighted by atomic mass is 10.1. The second-order valence-electron chi connectivity index (χ2n) is 5.87. The predicted molar refractivity (Wildman–Crippen MR) is 99.9 cm³/mol. The molecule has 2 aromatic carbocycles. The molecular weight excluding hydrogens is 426 g/mol. The zero-order chi connectivity index (χ0) is 22.5. The first-order valence-corrected chi connectivity index (χ1v) is 8.59. The number of ether oxygens (including phenoxy) is 5. The van der Waals surface area contributed by atoms with Crippen LogP contribution in [-0.2, 0) is 9.53 Å². The molecule has 0 N–H and O–H groups in total. The van der Waals surface area contributed by atoms with Gasteiger partial charge in [0.25, 0.3) is 0 Å². The lowest BCUT2D eigenvalue weighted by Gasteiger charge is -2.10. The predicted octanol–water partition coefficient (Wildman–Crippen LogP) is 4.25. The zero-order valence-corrected chi connectivity index (χ0v) is 16.1. The summed E-state index contributed by atoms with van der Waals surface area (Å²) in [6.07, 6.45) is 1.30. The first kappa shape index (κ1) is 21.9. The average molecular weight is 441 g/mol. The van der Waals surface area contributed by atoms with Gasteiger partial charge in [0, 0.05) is 5.56 Å². The highest BCUT2D eigenvalue weighted by molar-refractivity contribution is 6.13. The van der Waals surface area contributed by atoms with E-state index in [1.165, 1.54) is 56.7 Å². The van der Waals surface area contributed by atoms with Gasteiger partial charge in [-0.05, 0) is 42.0 Å². The van der Waals surface area contributed by atoms with Crippen LogP contribution in [0.4, 0.5) is 17.6 Å². The summed E-state index contributed by atoms with van der Waals surface area (Å²) in [6, 6.07) is 8.03. The summed E-state index contributed by atoms with van der Waals surface area (Å²) < 4.78 is 73.9. The average Bonchev–Trinajstić information content (AvgIpc) is 3.08. The fourth-order valence-electron chi connectivity index (χ4n) is 2.66. The lowest BCUT2D eigenvalue weighted by molar-refractivity contribution is -0.129. The van der Waals surface area contributed by atoms with Crippen LogP contribution < -0.4 is 18.9 Å². The normalized spacial score (nSPS) is 14.6. The number of rotatable bonds is 8. The lowest BCUT2D eigenvalue weighted by Crippen LogP contribution is -2.07. The Morgan fingerprint density at radius 2 is 1.52 bits per heavy atom. The van der Waals surface area contributed by atoms with Crippen molar-refractivity contribution in [1.29, 1.82) is 0 Å². The number of alkyl halides is 4. The van der Waals surface area contributed by atoms with Crippen molar-refractivity contribution in [2.45, 2.75) is 13.2 Å². The minimum atomic E-state index is -3.06. The molecule has 2 aromatic rings. The number of hydrogen-bond acceptors (Lipinski definition) is 7. The smallest absolute Gasteiger partial charge is 0.387 e. The Morgan fingerprint density at radius 3 is 2.16 bits per heavy atom. The number of cyclic esters (lactones) is 1. The Kier molecular flexibility index (Phi) is 6.63. The molecule has 0 aromatic heterocycles. The number of methoxy groups -OCH3 is 2. The largest absolute Gasteiger partial charge is 0.493 e. The minimum absolute atomic E-state index is 0.0158. The molecule has 0 atom stereocenters. The molecule has 0 fully saturated rings.